The van der Waals surface area contributed by atoms with E-state index in [9.17, 15) is 35.7 Å². The zero-order chi connectivity index (χ0) is 18.2. The Hall–Kier alpha value is -0.440. The van der Waals surface area contributed by atoms with Crippen LogP contribution >= 0.6 is 0 Å². The van der Waals surface area contributed by atoms with Crippen LogP contribution in [0.1, 0.15) is 6.92 Å². The molecule has 10 atom stereocenters. The Labute approximate surface area is 137 Å². The van der Waals surface area contributed by atoms with Gasteiger partial charge in [0.1, 0.15) is 48.8 Å². The molecule has 2 unspecified atom stereocenters. The van der Waals surface area contributed by atoms with Gasteiger partial charge in [0.25, 0.3) is 0 Å². The Bertz CT molecular complexity index is 419. The van der Waals surface area contributed by atoms with E-state index in [1.807, 2.05) is 0 Å². The van der Waals surface area contributed by atoms with Crippen molar-refractivity contribution in [3.63, 3.8) is 0 Å². The van der Waals surface area contributed by atoms with Crippen LogP contribution in [-0.4, -0.2) is 115 Å². The second-order valence-electron chi connectivity index (χ2n) is 6.10. The number of ether oxygens (including phenoxy) is 3. The average molecular weight is 356 g/mol. The van der Waals surface area contributed by atoms with Gasteiger partial charge in [0.05, 0.1) is 13.2 Å². The fraction of sp³-hybridized carbons (Fsp3) is 1.00. The highest BCUT2D eigenvalue weighted by atomic mass is 16.8. The first-order valence-electron chi connectivity index (χ1n) is 7.47. The van der Waals surface area contributed by atoms with E-state index in [1.54, 1.807) is 0 Å². The molecule has 0 aromatic heterocycles. The number of aliphatic hydroxyl groups is 8. The topological polar surface area (TPSA) is 190 Å². The fourth-order valence-electron chi connectivity index (χ4n) is 2.79. The van der Waals surface area contributed by atoms with Gasteiger partial charge in [-0.1, -0.05) is 0 Å². The van der Waals surface area contributed by atoms with Crippen LogP contribution in [-0.2, 0) is 14.2 Å². The van der Waals surface area contributed by atoms with E-state index in [4.69, 9.17) is 19.3 Å². The monoisotopic (exact) mass is 356 g/mol. The molecule has 2 heterocycles. The minimum absolute atomic E-state index is 0.675. The Kier molecular flexibility index (Phi) is 6.16. The zero-order valence-corrected chi connectivity index (χ0v) is 12.9. The fourth-order valence-corrected chi connectivity index (χ4v) is 2.79. The predicted molar refractivity (Wildman–Crippen MR) is 73.2 cm³/mol. The quantitative estimate of drug-likeness (QED) is 0.241. The van der Waals surface area contributed by atoms with Gasteiger partial charge in [0.15, 0.2) is 12.1 Å². The van der Waals surface area contributed by atoms with Gasteiger partial charge in [0, 0.05) is 0 Å². The van der Waals surface area contributed by atoms with Crippen molar-refractivity contribution < 1.29 is 55.1 Å². The number of hydrogen-bond acceptors (Lipinski definition) is 11. The summed E-state index contributed by atoms with van der Waals surface area (Å²) in [6.07, 6.45) is -14.2. The summed E-state index contributed by atoms with van der Waals surface area (Å²) in [6, 6.07) is 0. The second kappa shape index (κ2) is 7.43. The summed E-state index contributed by atoms with van der Waals surface area (Å²) in [7, 11) is 0. The lowest BCUT2D eigenvalue weighted by Gasteiger charge is -2.49. The summed E-state index contributed by atoms with van der Waals surface area (Å²) in [4.78, 5) is 0. The molecular weight excluding hydrogens is 332 g/mol. The molecule has 2 rings (SSSR count). The van der Waals surface area contributed by atoms with Crippen LogP contribution in [0.2, 0.25) is 0 Å². The minimum atomic E-state index is -2.01. The summed E-state index contributed by atoms with van der Waals surface area (Å²) in [5.74, 6) is -2.01. The molecule has 2 aliphatic heterocycles. The third-order valence-electron chi connectivity index (χ3n) is 4.36. The third-order valence-corrected chi connectivity index (χ3v) is 4.36. The molecule has 0 saturated carbocycles. The van der Waals surface area contributed by atoms with Gasteiger partial charge in [-0.3, -0.25) is 0 Å². The summed E-state index contributed by atoms with van der Waals surface area (Å²) in [6.45, 7) is -0.180. The minimum Gasteiger partial charge on any atom is -0.394 e. The summed E-state index contributed by atoms with van der Waals surface area (Å²) < 4.78 is 15.8. The maximum atomic E-state index is 10.1. The van der Waals surface area contributed by atoms with E-state index in [0.29, 0.717) is 0 Å². The summed E-state index contributed by atoms with van der Waals surface area (Å²) in [5, 5.41) is 77.4. The lowest BCUT2D eigenvalue weighted by molar-refractivity contribution is -0.416. The maximum Gasteiger partial charge on any atom is 0.197 e. The molecular formula is C13H24O11. The predicted octanol–water partition coefficient (Wildman–Crippen LogP) is -5.01. The SMILES string of the molecule is CC1(OC2O[C@H](CO)[C@H](O)[C@H](O)[C@H]2O)O[C@H](CO)[C@@H](O)[C@H](O)[C@H]1O. The maximum absolute atomic E-state index is 10.1. The highest BCUT2D eigenvalue weighted by Gasteiger charge is 2.55. The van der Waals surface area contributed by atoms with Crippen LogP contribution < -0.4 is 0 Å². The molecule has 0 radical (unpaired) electrons. The number of rotatable bonds is 4. The van der Waals surface area contributed by atoms with E-state index in [1.165, 1.54) is 6.92 Å². The molecule has 0 aromatic rings. The van der Waals surface area contributed by atoms with E-state index >= 15 is 0 Å². The van der Waals surface area contributed by atoms with Gasteiger partial charge < -0.3 is 55.1 Å². The van der Waals surface area contributed by atoms with Crippen LogP contribution in [0.4, 0.5) is 0 Å². The van der Waals surface area contributed by atoms with Gasteiger partial charge >= 0.3 is 0 Å². The first-order chi connectivity index (χ1) is 11.2. The Balaban J connectivity index is 2.18. The molecule has 0 bridgehead atoms. The van der Waals surface area contributed by atoms with Gasteiger partial charge in [-0.05, 0) is 6.92 Å². The molecule has 2 fully saturated rings. The van der Waals surface area contributed by atoms with Crippen LogP contribution in [0.3, 0.4) is 0 Å². The second-order valence-corrected chi connectivity index (χ2v) is 6.10. The zero-order valence-electron chi connectivity index (χ0n) is 12.9. The lowest BCUT2D eigenvalue weighted by atomic mass is 9.93. The van der Waals surface area contributed by atoms with Gasteiger partial charge in [-0.25, -0.2) is 0 Å². The summed E-state index contributed by atoms with van der Waals surface area (Å²) in [5.41, 5.74) is 0. The van der Waals surface area contributed by atoms with E-state index < -0.39 is 74.1 Å². The van der Waals surface area contributed by atoms with Crippen molar-refractivity contribution in [1.29, 1.82) is 0 Å². The Morgan fingerprint density at radius 2 is 1.33 bits per heavy atom. The number of hydrogen-bond donors (Lipinski definition) is 8. The van der Waals surface area contributed by atoms with Crippen molar-refractivity contribution in [3.8, 4) is 0 Å². The van der Waals surface area contributed by atoms with E-state index in [0.717, 1.165) is 0 Å². The first kappa shape index (κ1) is 19.9. The van der Waals surface area contributed by atoms with Crippen LogP contribution in [0.15, 0.2) is 0 Å². The Morgan fingerprint density at radius 1 is 0.792 bits per heavy atom. The van der Waals surface area contributed by atoms with Crippen molar-refractivity contribution in [2.75, 3.05) is 13.2 Å². The molecule has 2 saturated heterocycles. The normalized spacial score (nSPS) is 53.1. The van der Waals surface area contributed by atoms with Crippen molar-refractivity contribution in [3.05, 3.63) is 0 Å². The molecule has 2 aliphatic rings. The molecule has 24 heavy (non-hydrogen) atoms. The molecule has 11 nitrogen and oxygen atoms in total. The Morgan fingerprint density at radius 3 is 1.88 bits per heavy atom. The van der Waals surface area contributed by atoms with E-state index in [-0.39, 0.29) is 0 Å². The standard InChI is InChI=1S/C13H24O11/c1-13(11(21)9(19)7(17)5(3-15)23-13)24-12-10(20)8(18)6(16)4(2-14)22-12/h4-12,14-21H,2-3H2,1H3/t4-,5-,6+,7-,8+,9+,10-,11-,12?,13?/m1/s1. The lowest BCUT2D eigenvalue weighted by Crippen LogP contribution is -2.68. The third kappa shape index (κ3) is 3.43. The highest BCUT2D eigenvalue weighted by molar-refractivity contribution is 4.96. The van der Waals surface area contributed by atoms with Crippen LogP contribution in [0.25, 0.3) is 0 Å². The van der Waals surface area contributed by atoms with E-state index in [2.05, 4.69) is 0 Å². The molecule has 0 amide bonds. The summed E-state index contributed by atoms with van der Waals surface area (Å²) >= 11 is 0. The molecule has 0 aliphatic carbocycles. The molecule has 0 aromatic carbocycles. The van der Waals surface area contributed by atoms with Crippen molar-refractivity contribution in [1.82, 2.24) is 0 Å². The van der Waals surface area contributed by atoms with Crippen molar-refractivity contribution in [2.45, 2.75) is 67.8 Å². The van der Waals surface area contributed by atoms with Gasteiger partial charge in [-0.15, -0.1) is 0 Å². The number of aliphatic hydroxyl groups excluding tert-OH is 8. The highest BCUT2D eigenvalue weighted by Crippen LogP contribution is 2.34. The van der Waals surface area contributed by atoms with Crippen LogP contribution in [0, 0.1) is 0 Å². The molecule has 8 N–H and O–H groups in total. The van der Waals surface area contributed by atoms with Gasteiger partial charge in [0.2, 0.25) is 0 Å². The average Bonchev–Trinajstić information content (AvgIpc) is 2.57. The molecule has 142 valence electrons. The smallest absolute Gasteiger partial charge is 0.197 e. The van der Waals surface area contributed by atoms with Crippen LogP contribution in [0.5, 0.6) is 0 Å². The first-order valence-corrected chi connectivity index (χ1v) is 7.47. The largest absolute Gasteiger partial charge is 0.394 e. The van der Waals surface area contributed by atoms with Crippen molar-refractivity contribution >= 4 is 0 Å². The molecule has 11 heteroatoms. The molecule has 0 spiro atoms. The van der Waals surface area contributed by atoms with Gasteiger partial charge in [-0.2, -0.15) is 0 Å². The van der Waals surface area contributed by atoms with Crippen molar-refractivity contribution in [2.24, 2.45) is 0 Å².